The zero-order valence-corrected chi connectivity index (χ0v) is 18.8. The molecular weight excluding hydrogens is 437 g/mol. The first-order valence-electron chi connectivity index (χ1n) is 10.5. The number of carbonyl (C=O) groups excluding carboxylic acids is 3. The van der Waals surface area contributed by atoms with Crippen molar-refractivity contribution in [3.05, 3.63) is 82.1 Å². The molecule has 0 saturated heterocycles. The number of ketones is 1. The zero-order chi connectivity index (χ0) is 24.7. The van der Waals surface area contributed by atoms with Crippen molar-refractivity contribution >= 4 is 28.5 Å². The summed E-state index contributed by atoms with van der Waals surface area (Å²) in [4.78, 5) is 41.0. The van der Waals surface area contributed by atoms with Gasteiger partial charge in [0.1, 0.15) is 11.5 Å². The number of primary amides is 2. The lowest BCUT2D eigenvalue weighted by Gasteiger charge is -2.15. The SMILES string of the molecule is CC(=O)c1cccc(Cn2nc(C)c(-c3c(C(N)=O)nc4cccc(F)c4c3C(N)=O)c2C)c1. The van der Waals surface area contributed by atoms with Crippen molar-refractivity contribution in [2.75, 3.05) is 0 Å². The van der Waals surface area contributed by atoms with Crippen LogP contribution in [0, 0.1) is 19.7 Å². The van der Waals surface area contributed by atoms with Crippen molar-refractivity contribution in [3.8, 4) is 11.1 Å². The van der Waals surface area contributed by atoms with E-state index in [-0.39, 0.29) is 33.5 Å². The molecule has 8 nitrogen and oxygen atoms in total. The molecule has 4 N–H and O–H groups in total. The summed E-state index contributed by atoms with van der Waals surface area (Å²) in [7, 11) is 0. The fourth-order valence-electron chi connectivity index (χ4n) is 4.22. The maximum absolute atomic E-state index is 14.8. The molecule has 0 radical (unpaired) electrons. The second-order valence-corrected chi connectivity index (χ2v) is 8.03. The second kappa shape index (κ2) is 8.51. The minimum atomic E-state index is -0.921. The topological polar surface area (TPSA) is 134 Å². The van der Waals surface area contributed by atoms with Crippen LogP contribution in [0.25, 0.3) is 22.0 Å². The minimum absolute atomic E-state index is 0.0522. The van der Waals surface area contributed by atoms with E-state index in [1.807, 2.05) is 6.07 Å². The molecule has 0 bridgehead atoms. The van der Waals surface area contributed by atoms with Gasteiger partial charge in [0.2, 0.25) is 5.91 Å². The molecule has 0 aliphatic carbocycles. The van der Waals surface area contributed by atoms with Crippen LogP contribution in [0.1, 0.15) is 55.1 Å². The van der Waals surface area contributed by atoms with Crippen molar-refractivity contribution < 1.29 is 18.8 Å². The zero-order valence-electron chi connectivity index (χ0n) is 18.8. The number of nitrogens with zero attached hydrogens (tertiary/aromatic N) is 3. The number of halogens is 1. The summed E-state index contributed by atoms with van der Waals surface area (Å²) in [5.41, 5.74) is 14.0. The normalized spacial score (nSPS) is 11.1. The van der Waals surface area contributed by atoms with Crippen LogP contribution in [0.5, 0.6) is 0 Å². The molecule has 0 unspecified atom stereocenters. The van der Waals surface area contributed by atoms with Crippen LogP contribution in [0.4, 0.5) is 4.39 Å². The van der Waals surface area contributed by atoms with Gasteiger partial charge in [-0.25, -0.2) is 9.37 Å². The number of hydrogen-bond acceptors (Lipinski definition) is 5. The highest BCUT2D eigenvalue weighted by Gasteiger charge is 2.28. The molecule has 9 heteroatoms. The molecule has 4 aromatic rings. The Morgan fingerprint density at radius 1 is 1.00 bits per heavy atom. The van der Waals surface area contributed by atoms with Crippen LogP contribution in [-0.2, 0) is 6.54 Å². The smallest absolute Gasteiger partial charge is 0.267 e. The average molecular weight is 459 g/mol. The van der Waals surface area contributed by atoms with Gasteiger partial charge in [-0.1, -0.05) is 24.3 Å². The van der Waals surface area contributed by atoms with Gasteiger partial charge in [0, 0.05) is 27.8 Å². The number of aromatic nitrogens is 3. The number of Topliss-reactive ketones (excluding diaryl/α,β-unsaturated/α-hetero) is 1. The van der Waals surface area contributed by atoms with E-state index in [0.29, 0.717) is 29.1 Å². The van der Waals surface area contributed by atoms with Crippen LogP contribution >= 0.6 is 0 Å². The van der Waals surface area contributed by atoms with Gasteiger partial charge in [0.15, 0.2) is 5.78 Å². The van der Waals surface area contributed by atoms with Gasteiger partial charge in [-0.3, -0.25) is 19.1 Å². The number of benzene rings is 2. The van der Waals surface area contributed by atoms with Gasteiger partial charge in [0.05, 0.1) is 23.3 Å². The molecule has 0 aliphatic heterocycles. The van der Waals surface area contributed by atoms with Crippen molar-refractivity contribution in [2.45, 2.75) is 27.3 Å². The molecule has 2 heterocycles. The Bertz CT molecular complexity index is 1510. The molecular formula is C25H22FN5O3. The van der Waals surface area contributed by atoms with Gasteiger partial charge in [-0.2, -0.15) is 5.10 Å². The summed E-state index contributed by atoms with van der Waals surface area (Å²) >= 11 is 0. The number of carbonyl (C=O) groups is 3. The lowest BCUT2D eigenvalue weighted by molar-refractivity contribution is 0.0992. The molecule has 0 fully saturated rings. The highest BCUT2D eigenvalue weighted by Crippen LogP contribution is 2.37. The Morgan fingerprint density at radius 2 is 1.71 bits per heavy atom. The van der Waals surface area contributed by atoms with Gasteiger partial charge >= 0.3 is 0 Å². The van der Waals surface area contributed by atoms with E-state index < -0.39 is 17.6 Å². The summed E-state index contributed by atoms with van der Waals surface area (Å²) in [6.45, 7) is 5.27. The maximum atomic E-state index is 14.8. The van der Waals surface area contributed by atoms with E-state index in [1.165, 1.54) is 25.1 Å². The summed E-state index contributed by atoms with van der Waals surface area (Å²) in [6.07, 6.45) is 0. The quantitative estimate of drug-likeness (QED) is 0.427. The minimum Gasteiger partial charge on any atom is -0.366 e. The number of rotatable bonds is 6. The van der Waals surface area contributed by atoms with Gasteiger partial charge < -0.3 is 11.5 Å². The third kappa shape index (κ3) is 3.81. The van der Waals surface area contributed by atoms with Crippen LogP contribution in [0.15, 0.2) is 42.5 Å². The van der Waals surface area contributed by atoms with Gasteiger partial charge in [-0.15, -0.1) is 0 Å². The standard InChI is InChI=1S/C25H22FN5O3/c1-12-19(13(2)31(30-12)11-15-6-4-7-16(10-15)14(3)32)21-22(24(27)33)20-17(26)8-5-9-18(20)29-23(21)25(28)34/h4-10H,11H2,1-3H3,(H2,27,33)(H2,28,34). The highest BCUT2D eigenvalue weighted by atomic mass is 19.1. The van der Waals surface area contributed by atoms with E-state index in [9.17, 15) is 18.8 Å². The Kier molecular flexibility index (Phi) is 5.70. The van der Waals surface area contributed by atoms with Crippen molar-refractivity contribution in [1.29, 1.82) is 0 Å². The second-order valence-electron chi connectivity index (χ2n) is 8.03. The first-order valence-corrected chi connectivity index (χ1v) is 10.5. The molecule has 0 saturated carbocycles. The predicted molar refractivity (Wildman–Crippen MR) is 125 cm³/mol. The van der Waals surface area contributed by atoms with Gasteiger partial charge in [0.25, 0.3) is 5.91 Å². The summed E-state index contributed by atoms with van der Waals surface area (Å²) in [5.74, 6) is -2.56. The number of hydrogen-bond donors (Lipinski definition) is 2. The third-order valence-corrected chi connectivity index (χ3v) is 5.74. The van der Waals surface area contributed by atoms with E-state index in [2.05, 4.69) is 10.1 Å². The number of amides is 2. The van der Waals surface area contributed by atoms with Gasteiger partial charge in [-0.05, 0) is 44.5 Å². The lowest BCUT2D eigenvalue weighted by atomic mass is 9.92. The van der Waals surface area contributed by atoms with E-state index >= 15 is 0 Å². The van der Waals surface area contributed by atoms with E-state index in [0.717, 1.165) is 5.56 Å². The summed E-state index contributed by atoms with van der Waals surface area (Å²) in [6, 6.07) is 11.2. The van der Waals surface area contributed by atoms with Crippen molar-refractivity contribution in [1.82, 2.24) is 14.8 Å². The number of pyridine rings is 1. The van der Waals surface area contributed by atoms with Crippen LogP contribution in [-0.4, -0.2) is 32.4 Å². The highest BCUT2D eigenvalue weighted by molar-refractivity contribution is 6.15. The van der Waals surface area contributed by atoms with Crippen LogP contribution in [0.2, 0.25) is 0 Å². The fourth-order valence-corrected chi connectivity index (χ4v) is 4.22. The van der Waals surface area contributed by atoms with E-state index in [1.54, 1.807) is 36.7 Å². The summed E-state index contributed by atoms with van der Waals surface area (Å²) in [5, 5.41) is 4.48. The Labute approximate surface area is 194 Å². The monoisotopic (exact) mass is 459 g/mol. The Hall–Kier alpha value is -4.40. The molecule has 0 aliphatic rings. The molecule has 2 aromatic heterocycles. The first kappa shape index (κ1) is 22.8. The predicted octanol–water partition coefficient (Wildman–Crippen LogP) is 3.30. The van der Waals surface area contributed by atoms with Crippen molar-refractivity contribution in [2.24, 2.45) is 11.5 Å². The average Bonchev–Trinajstić information content (AvgIpc) is 3.05. The first-order chi connectivity index (χ1) is 16.1. The van der Waals surface area contributed by atoms with E-state index in [4.69, 9.17) is 11.5 Å². The van der Waals surface area contributed by atoms with Crippen LogP contribution < -0.4 is 11.5 Å². The van der Waals surface area contributed by atoms with Crippen LogP contribution in [0.3, 0.4) is 0 Å². The number of nitrogens with two attached hydrogens (primary N) is 2. The fraction of sp³-hybridized carbons (Fsp3) is 0.160. The Morgan fingerprint density at radius 3 is 2.35 bits per heavy atom. The Balaban J connectivity index is 1.99. The summed E-state index contributed by atoms with van der Waals surface area (Å²) < 4.78 is 16.5. The number of aryl methyl sites for hydroxylation is 1. The maximum Gasteiger partial charge on any atom is 0.267 e. The third-order valence-electron chi connectivity index (χ3n) is 5.74. The lowest BCUT2D eigenvalue weighted by Crippen LogP contribution is -2.21. The van der Waals surface area contributed by atoms with Crippen molar-refractivity contribution in [3.63, 3.8) is 0 Å². The molecule has 0 spiro atoms. The molecule has 4 rings (SSSR count). The molecule has 2 aromatic carbocycles. The molecule has 172 valence electrons. The largest absolute Gasteiger partial charge is 0.366 e. The molecule has 0 atom stereocenters. The number of fused-ring (bicyclic) bond motifs is 1. The molecule has 34 heavy (non-hydrogen) atoms. The molecule has 2 amide bonds.